The molecule has 1 amide bonds. The van der Waals surface area contributed by atoms with E-state index in [9.17, 15) is 9.59 Å². The lowest BCUT2D eigenvalue weighted by atomic mass is 9.98. The quantitative estimate of drug-likeness (QED) is 0.781. The van der Waals surface area contributed by atoms with E-state index in [2.05, 4.69) is 0 Å². The summed E-state index contributed by atoms with van der Waals surface area (Å²) >= 11 is 0. The summed E-state index contributed by atoms with van der Waals surface area (Å²) < 4.78 is 10.1. The molecule has 6 heteroatoms. The Balaban J connectivity index is 2.78. The van der Waals surface area contributed by atoms with E-state index >= 15 is 0 Å². The van der Waals surface area contributed by atoms with Crippen LogP contribution in [0.5, 0.6) is 0 Å². The van der Waals surface area contributed by atoms with E-state index in [1.54, 1.807) is 20.8 Å². The lowest BCUT2D eigenvalue weighted by Gasteiger charge is -2.29. The van der Waals surface area contributed by atoms with E-state index in [1.165, 1.54) is 12.0 Å². The fourth-order valence-electron chi connectivity index (χ4n) is 2.32. The molecule has 0 bridgehead atoms. The van der Waals surface area contributed by atoms with Crippen molar-refractivity contribution >= 4 is 12.1 Å². The number of aliphatic hydroxyl groups excluding tert-OH is 1. The van der Waals surface area contributed by atoms with E-state index in [-0.39, 0.29) is 24.5 Å². The molecule has 0 aliphatic carbocycles. The van der Waals surface area contributed by atoms with Gasteiger partial charge in [-0.1, -0.05) is 0 Å². The Hall–Kier alpha value is -1.30. The highest BCUT2D eigenvalue weighted by Gasteiger charge is 2.42. The molecule has 2 atom stereocenters. The Morgan fingerprint density at radius 1 is 1.37 bits per heavy atom. The number of carbonyl (C=O) groups is 2. The molecule has 110 valence electrons. The van der Waals surface area contributed by atoms with Crippen molar-refractivity contribution in [2.45, 2.75) is 45.3 Å². The number of esters is 1. The van der Waals surface area contributed by atoms with Gasteiger partial charge in [0.15, 0.2) is 0 Å². The van der Waals surface area contributed by atoms with Gasteiger partial charge in [-0.15, -0.1) is 0 Å². The monoisotopic (exact) mass is 273 g/mol. The first-order valence-electron chi connectivity index (χ1n) is 6.48. The average Bonchev–Trinajstić information content (AvgIpc) is 2.70. The van der Waals surface area contributed by atoms with Gasteiger partial charge in [0, 0.05) is 13.2 Å². The third kappa shape index (κ3) is 4.09. The summed E-state index contributed by atoms with van der Waals surface area (Å²) in [5.41, 5.74) is -0.579. The largest absolute Gasteiger partial charge is 0.469 e. The zero-order valence-corrected chi connectivity index (χ0v) is 12.0. The lowest BCUT2D eigenvalue weighted by Crippen LogP contribution is -2.43. The van der Waals surface area contributed by atoms with E-state index < -0.39 is 11.7 Å². The van der Waals surface area contributed by atoms with Gasteiger partial charge in [-0.2, -0.15) is 0 Å². The SMILES string of the molecule is COC(=O)[C@H]1CCN(C(=O)OC(C)(C)C)[C@@H]1CCO. The second-order valence-corrected chi connectivity index (χ2v) is 5.67. The van der Waals surface area contributed by atoms with Gasteiger partial charge < -0.3 is 19.5 Å². The van der Waals surface area contributed by atoms with Crippen LogP contribution in [0.2, 0.25) is 0 Å². The lowest BCUT2D eigenvalue weighted by molar-refractivity contribution is -0.146. The van der Waals surface area contributed by atoms with Crippen molar-refractivity contribution in [1.82, 2.24) is 4.90 Å². The van der Waals surface area contributed by atoms with Crippen LogP contribution in [0, 0.1) is 5.92 Å². The van der Waals surface area contributed by atoms with Gasteiger partial charge in [-0.3, -0.25) is 4.79 Å². The first kappa shape index (κ1) is 15.8. The molecule has 0 aromatic carbocycles. The number of hydrogen-bond acceptors (Lipinski definition) is 5. The van der Waals surface area contributed by atoms with Gasteiger partial charge in [0.05, 0.1) is 19.1 Å². The van der Waals surface area contributed by atoms with Crippen LogP contribution in [0.1, 0.15) is 33.6 Å². The topological polar surface area (TPSA) is 76.1 Å². The molecule has 0 saturated carbocycles. The molecule has 0 aromatic rings. The van der Waals surface area contributed by atoms with E-state index in [0.29, 0.717) is 19.4 Å². The Kier molecular flexibility index (Phi) is 5.17. The highest BCUT2D eigenvalue weighted by Crippen LogP contribution is 2.29. The second-order valence-electron chi connectivity index (χ2n) is 5.67. The van der Waals surface area contributed by atoms with Crippen LogP contribution < -0.4 is 0 Å². The van der Waals surface area contributed by atoms with E-state index in [0.717, 1.165) is 0 Å². The minimum atomic E-state index is -0.579. The summed E-state index contributed by atoms with van der Waals surface area (Å²) in [6.45, 7) is 5.73. The molecular formula is C13H23NO5. The van der Waals surface area contributed by atoms with E-state index in [4.69, 9.17) is 14.6 Å². The normalized spacial score (nSPS) is 23.3. The Morgan fingerprint density at radius 2 is 2.00 bits per heavy atom. The zero-order valence-electron chi connectivity index (χ0n) is 12.0. The molecule has 19 heavy (non-hydrogen) atoms. The number of aliphatic hydroxyl groups is 1. The van der Waals surface area contributed by atoms with E-state index in [1.807, 2.05) is 0 Å². The van der Waals surface area contributed by atoms with Crippen LogP contribution in [-0.4, -0.2) is 54.0 Å². The number of hydrogen-bond donors (Lipinski definition) is 1. The van der Waals surface area contributed by atoms with Crippen LogP contribution in [-0.2, 0) is 14.3 Å². The number of carbonyl (C=O) groups excluding carboxylic acids is 2. The summed E-state index contributed by atoms with van der Waals surface area (Å²) in [7, 11) is 1.33. The van der Waals surface area contributed by atoms with Crippen LogP contribution >= 0.6 is 0 Å². The molecule has 1 aliphatic rings. The van der Waals surface area contributed by atoms with Crippen molar-refractivity contribution in [3.05, 3.63) is 0 Å². The van der Waals surface area contributed by atoms with Crippen molar-refractivity contribution in [3.8, 4) is 0 Å². The number of methoxy groups -OCH3 is 1. The van der Waals surface area contributed by atoms with Crippen molar-refractivity contribution in [2.24, 2.45) is 5.92 Å². The summed E-state index contributed by atoms with van der Waals surface area (Å²) in [6.07, 6.45) is 0.438. The number of amides is 1. The van der Waals surface area contributed by atoms with Crippen molar-refractivity contribution in [2.75, 3.05) is 20.3 Å². The molecular weight excluding hydrogens is 250 g/mol. The minimum absolute atomic E-state index is 0.0859. The predicted octanol–water partition coefficient (Wildman–Crippen LogP) is 1.17. The maximum Gasteiger partial charge on any atom is 0.410 e. The summed E-state index contributed by atoms with van der Waals surface area (Å²) in [6, 6.07) is -0.354. The highest BCUT2D eigenvalue weighted by atomic mass is 16.6. The number of ether oxygens (including phenoxy) is 2. The fraction of sp³-hybridized carbons (Fsp3) is 0.846. The van der Waals surface area contributed by atoms with Gasteiger partial charge >= 0.3 is 12.1 Å². The number of likely N-dealkylation sites (tertiary alicyclic amines) is 1. The van der Waals surface area contributed by atoms with Crippen LogP contribution in [0.15, 0.2) is 0 Å². The summed E-state index contributed by atoms with van der Waals surface area (Å²) in [5, 5.41) is 9.10. The smallest absolute Gasteiger partial charge is 0.410 e. The number of rotatable bonds is 3. The van der Waals surface area contributed by atoms with Crippen molar-refractivity contribution in [1.29, 1.82) is 0 Å². The zero-order chi connectivity index (χ0) is 14.6. The van der Waals surface area contributed by atoms with Crippen LogP contribution in [0.4, 0.5) is 4.79 Å². The minimum Gasteiger partial charge on any atom is -0.469 e. The maximum absolute atomic E-state index is 12.1. The first-order valence-corrected chi connectivity index (χ1v) is 6.48. The molecule has 1 heterocycles. The fourth-order valence-corrected chi connectivity index (χ4v) is 2.32. The molecule has 0 aromatic heterocycles. The van der Waals surface area contributed by atoms with Gasteiger partial charge in [0.25, 0.3) is 0 Å². The Bertz CT molecular complexity index is 336. The van der Waals surface area contributed by atoms with Crippen molar-refractivity contribution < 1.29 is 24.2 Å². The maximum atomic E-state index is 12.1. The van der Waals surface area contributed by atoms with Gasteiger partial charge in [0.1, 0.15) is 5.60 Å². The highest BCUT2D eigenvalue weighted by molar-refractivity contribution is 5.76. The standard InChI is InChI=1S/C13H23NO5/c1-13(2,3)19-12(17)14-7-5-9(11(16)18-4)10(14)6-8-15/h9-10,15H,5-8H2,1-4H3/t9-,10+/m0/s1. The second kappa shape index (κ2) is 6.23. The predicted molar refractivity (Wildman–Crippen MR) is 68.6 cm³/mol. The Labute approximate surface area is 113 Å². The first-order chi connectivity index (χ1) is 8.80. The summed E-state index contributed by atoms with van der Waals surface area (Å²) in [5.74, 6) is -0.728. The van der Waals surface area contributed by atoms with Gasteiger partial charge in [-0.25, -0.2) is 4.79 Å². The third-order valence-corrected chi connectivity index (χ3v) is 3.10. The third-order valence-electron chi connectivity index (χ3n) is 3.10. The molecule has 1 rings (SSSR count). The van der Waals surface area contributed by atoms with Gasteiger partial charge in [0.2, 0.25) is 0 Å². The molecule has 1 saturated heterocycles. The molecule has 0 unspecified atom stereocenters. The molecule has 1 N–H and O–H groups in total. The molecule has 0 spiro atoms. The Morgan fingerprint density at radius 3 is 2.47 bits per heavy atom. The van der Waals surface area contributed by atoms with Crippen molar-refractivity contribution in [3.63, 3.8) is 0 Å². The molecule has 0 radical (unpaired) electrons. The number of nitrogens with zero attached hydrogens (tertiary/aromatic N) is 1. The van der Waals surface area contributed by atoms with Gasteiger partial charge in [-0.05, 0) is 33.6 Å². The summed E-state index contributed by atoms with van der Waals surface area (Å²) in [4.78, 5) is 25.3. The molecule has 1 aliphatic heterocycles. The van der Waals surface area contributed by atoms with Crippen LogP contribution in [0.3, 0.4) is 0 Å². The molecule has 6 nitrogen and oxygen atoms in total. The van der Waals surface area contributed by atoms with Crippen LogP contribution in [0.25, 0.3) is 0 Å². The average molecular weight is 273 g/mol. The molecule has 1 fully saturated rings.